The molecular weight excluding hydrogens is 893 g/mol. The topological polar surface area (TPSA) is 8.17 Å². The third-order valence-corrected chi connectivity index (χ3v) is 15.0. The van der Waals surface area contributed by atoms with Gasteiger partial charge in [-0.1, -0.05) is 212 Å². The Kier molecular flexibility index (Phi) is 10.6. The van der Waals surface area contributed by atoms with Crippen LogP contribution in [0.3, 0.4) is 0 Å². The molecule has 0 aliphatic carbocycles. The van der Waals surface area contributed by atoms with Crippen LogP contribution in [0.15, 0.2) is 291 Å². The summed E-state index contributed by atoms with van der Waals surface area (Å²) in [6.45, 7) is 0. The molecule has 0 unspecified atom stereocenters. The molecule has 0 aliphatic heterocycles. The Bertz CT molecular complexity index is 4310. The van der Waals surface area contributed by atoms with Crippen LogP contribution >= 0.6 is 0 Å². The van der Waals surface area contributed by atoms with Crippen molar-refractivity contribution in [2.24, 2.45) is 0 Å². The van der Waals surface area contributed by atoms with E-state index in [1.807, 2.05) is 0 Å². The van der Waals surface area contributed by atoms with E-state index >= 15 is 0 Å². The number of benzene rings is 13. The van der Waals surface area contributed by atoms with Crippen LogP contribution < -0.4 is 4.90 Å². The molecule has 14 rings (SSSR count). The molecule has 1 heterocycles. The van der Waals surface area contributed by atoms with E-state index in [1.165, 1.54) is 104 Å². The molecule has 0 radical (unpaired) electrons. The summed E-state index contributed by atoms with van der Waals surface area (Å²) in [5.41, 5.74) is 18.7. The summed E-state index contributed by atoms with van der Waals surface area (Å²) in [6.07, 6.45) is 0. The van der Waals surface area contributed by atoms with Gasteiger partial charge in [-0.25, -0.2) is 0 Å². The summed E-state index contributed by atoms with van der Waals surface area (Å²) >= 11 is 0. The lowest BCUT2D eigenvalue weighted by Gasteiger charge is -2.26. The van der Waals surface area contributed by atoms with Crippen LogP contribution in [0.5, 0.6) is 0 Å². The summed E-state index contributed by atoms with van der Waals surface area (Å²) in [6, 6.07) is 106. The second-order valence-electron chi connectivity index (χ2n) is 19.3. The van der Waals surface area contributed by atoms with Gasteiger partial charge in [-0.05, 0) is 167 Å². The molecule has 0 saturated carbocycles. The minimum Gasteiger partial charge on any atom is -0.311 e. The zero-order chi connectivity index (χ0) is 49.0. The first-order valence-electron chi connectivity index (χ1n) is 25.5. The van der Waals surface area contributed by atoms with Gasteiger partial charge in [0.2, 0.25) is 0 Å². The van der Waals surface area contributed by atoms with Crippen molar-refractivity contribution in [3.63, 3.8) is 0 Å². The number of anilines is 3. The van der Waals surface area contributed by atoms with Crippen molar-refractivity contribution in [1.82, 2.24) is 4.57 Å². The highest BCUT2D eigenvalue weighted by atomic mass is 15.1. The van der Waals surface area contributed by atoms with Crippen molar-refractivity contribution in [2.75, 3.05) is 4.90 Å². The summed E-state index contributed by atoms with van der Waals surface area (Å²) in [7, 11) is 0. The number of aromatic nitrogens is 1. The summed E-state index contributed by atoms with van der Waals surface area (Å²) in [5, 5.41) is 10.2. The van der Waals surface area contributed by atoms with Crippen LogP contribution in [0.25, 0.3) is 115 Å². The maximum Gasteiger partial charge on any atom is 0.0541 e. The van der Waals surface area contributed by atoms with E-state index in [4.69, 9.17) is 0 Å². The van der Waals surface area contributed by atoms with Crippen molar-refractivity contribution < 1.29 is 0 Å². The van der Waals surface area contributed by atoms with Gasteiger partial charge >= 0.3 is 0 Å². The normalized spacial score (nSPS) is 11.5. The highest BCUT2D eigenvalue weighted by Gasteiger charge is 2.18. The van der Waals surface area contributed by atoms with Gasteiger partial charge in [0.1, 0.15) is 0 Å². The fourth-order valence-corrected chi connectivity index (χ4v) is 11.3. The van der Waals surface area contributed by atoms with Crippen LogP contribution in [-0.2, 0) is 0 Å². The van der Waals surface area contributed by atoms with E-state index in [-0.39, 0.29) is 0 Å². The highest BCUT2D eigenvalue weighted by Crippen LogP contribution is 2.42. The molecular formula is C72H48N2. The van der Waals surface area contributed by atoms with Crippen molar-refractivity contribution in [3.05, 3.63) is 291 Å². The van der Waals surface area contributed by atoms with Crippen molar-refractivity contribution >= 4 is 71.2 Å². The third kappa shape index (κ3) is 7.60. The van der Waals surface area contributed by atoms with Crippen LogP contribution in [0, 0.1) is 0 Å². The third-order valence-electron chi connectivity index (χ3n) is 15.0. The van der Waals surface area contributed by atoms with Crippen molar-refractivity contribution in [1.29, 1.82) is 0 Å². The summed E-state index contributed by atoms with van der Waals surface area (Å²) in [5.74, 6) is 0. The molecule has 2 heteroatoms. The number of rotatable bonds is 9. The average molecular weight is 941 g/mol. The Hall–Kier alpha value is -9.76. The molecule has 2 nitrogen and oxygen atoms in total. The van der Waals surface area contributed by atoms with Gasteiger partial charge in [-0.2, -0.15) is 0 Å². The second kappa shape index (κ2) is 18.1. The van der Waals surface area contributed by atoms with Gasteiger partial charge in [0.05, 0.1) is 11.0 Å². The molecule has 0 amide bonds. The van der Waals surface area contributed by atoms with Gasteiger partial charge in [0, 0.05) is 33.5 Å². The van der Waals surface area contributed by atoms with E-state index in [1.54, 1.807) is 0 Å². The smallest absolute Gasteiger partial charge is 0.0541 e. The lowest BCUT2D eigenvalue weighted by atomic mass is 9.92. The van der Waals surface area contributed by atoms with Gasteiger partial charge in [-0.3, -0.25) is 0 Å². The van der Waals surface area contributed by atoms with E-state index < -0.39 is 0 Å². The SMILES string of the molecule is c1ccc(-c2ccc(-c3ccc4c(c3)c3cc(-c5ccc(N(c6ccc(-c7ccccc7)cc6)c6ccc(-c7ccc8c9ccccc9c9ccccc9c8c7)cc6)cc5)ccc3n4-c3ccccc3)cc2)cc1. The molecule has 0 N–H and O–H groups in total. The quantitative estimate of drug-likeness (QED) is 0.131. The van der Waals surface area contributed by atoms with E-state index in [9.17, 15) is 0 Å². The molecule has 14 aromatic rings. The standard InChI is InChI=1S/C72H48N2/c1-4-14-49(15-5-1)51-24-26-53(27-25-51)57-35-44-71-69(47-57)70-48-58(36-45-72(70)74(71)59-18-8-3-9-19-59)55-32-41-62(42-33-55)73(60-37-28-52(29-38-60)50-16-6-2-7-17-50)61-39-30-54(31-40-61)56-34-43-67-65-22-11-10-20-63(65)64-21-12-13-23-66(64)68(67)46-56/h1-48H. The molecule has 0 aliphatic rings. The Morgan fingerprint density at radius 3 is 0.865 bits per heavy atom. The lowest BCUT2D eigenvalue weighted by molar-refractivity contribution is 1.18. The lowest BCUT2D eigenvalue weighted by Crippen LogP contribution is -2.09. The zero-order valence-electron chi connectivity index (χ0n) is 40.6. The first-order chi connectivity index (χ1) is 36.7. The Labute approximate surface area is 430 Å². The Morgan fingerprint density at radius 2 is 0.459 bits per heavy atom. The fourth-order valence-electron chi connectivity index (χ4n) is 11.3. The largest absolute Gasteiger partial charge is 0.311 e. The van der Waals surface area contributed by atoms with E-state index in [0.29, 0.717) is 0 Å². The van der Waals surface area contributed by atoms with Gasteiger partial charge in [0.15, 0.2) is 0 Å². The van der Waals surface area contributed by atoms with Crippen molar-refractivity contribution in [3.8, 4) is 61.3 Å². The monoisotopic (exact) mass is 940 g/mol. The summed E-state index contributed by atoms with van der Waals surface area (Å²) in [4.78, 5) is 2.37. The predicted molar refractivity (Wildman–Crippen MR) is 315 cm³/mol. The molecule has 0 spiro atoms. The molecule has 13 aromatic carbocycles. The van der Waals surface area contributed by atoms with Gasteiger partial charge in [-0.15, -0.1) is 0 Å². The number of hydrogen-bond acceptors (Lipinski definition) is 1. The molecule has 0 atom stereocenters. The molecule has 0 saturated heterocycles. The summed E-state index contributed by atoms with van der Waals surface area (Å²) < 4.78 is 2.40. The van der Waals surface area contributed by atoms with E-state index in [0.717, 1.165) is 28.3 Å². The fraction of sp³-hybridized carbons (Fsp3) is 0. The van der Waals surface area contributed by atoms with Crippen LogP contribution in [0.2, 0.25) is 0 Å². The van der Waals surface area contributed by atoms with Crippen LogP contribution in [0.4, 0.5) is 17.1 Å². The molecule has 0 bridgehead atoms. The Balaban J connectivity index is 0.837. The molecule has 74 heavy (non-hydrogen) atoms. The van der Waals surface area contributed by atoms with Crippen molar-refractivity contribution in [2.45, 2.75) is 0 Å². The van der Waals surface area contributed by atoms with Gasteiger partial charge in [0.25, 0.3) is 0 Å². The van der Waals surface area contributed by atoms with E-state index in [2.05, 4.69) is 301 Å². The molecule has 0 fully saturated rings. The molecule has 346 valence electrons. The Morgan fingerprint density at radius 1 is 0.189 bits per heavy atom. The maximum absolute atomic E-state index is 2.40. The molecule has 1 aromatic heterocycles. The minimum absolute atomic E-state index is 1.09. The number of para-hydroxylation sites is 1. The van der Waals surface area contributed by atoms with Crippen LogP contribution in [-0.4, -0.2) is 4.57 Å². The first kappa shape index (κ1) is 43.1. The number of fused-ring (bicyclic) bond motifs is 9. The van der Waals surface area contributed by atoms with Crippen LogP contribution in [0.1, 0.15) is 0 Å². The zero-order valence-corrected chi connectivity index (χ0v) is 40.6. The predicted octanol–water partition coefficient (Wildman–Crippen LogP) is 20.0. The highest BCUT2D eigenvalue weighted by molar-refractivity contribution is 6.25. The maximum atomic E-state index is 2.40. The number of hydrogen-bond donors (Lipinski definition) is 0. The number of nitrogens with zero attached hydrogens (tertiary/aromatic N) is 2. The van der Waals surface area contributed by atoms with Gasteiger partial charge < -0.3 is 9.47 Å². The second-order valence-corrected chi connectivity index (χ2v) is 19.3. The minimum atomic E-state index is 1.09. The average Bonchev–Trinajstić information content (AvgIpc) is 3.81. The first-order valence-corrected chi connectivity index (χ1v) is 25.5.